The van der Waals surface area contributed by atoms with Crippen LogP contribution in [-0.4, -0.2) is 31.1 Å². The minimum absolute atomic E-state index is 0.0934. The van der Waals surface area contributed by atoms with Gasteiger partial charge in [0.05, 0.1) is 7.11 Å². The van der Waals surface area contributed by atoms with Gasteiger partial charge in [-0.2, -0.15) is 4.39 Å². The molecule has 8 nitrogen and oxygen atoms in total. The second-order valence-electron chi connectivity index (χ2n) is 6.21. The van der Waals surface area contributed by atoms with Crippen LogP contribution >= 0.6 is 0 Å². The summed E-state index contributed by atoms with van der Waals surface area (Å²) in [7, 11) is 1.15. The van der Waals surface area contributed by atoms with Crippen molar-refractivity contribution >= 4 is 24.0 Å². The lowest BCUT2D eigenvalue weighted by Crippen LogP contribution is -2.34. The number of benzene rings is 2. The predicted molar refractivity (Wildman–Crippen MR) is 99.2 cm³/mol. The predicted octanol–water partition coefficient (Wildman–Crippen LogP) is 2.41. The molecule has 1 unspecified atom stereocenters. The molecule has 1 aliphatic heterocycles. The van der Waals surface area contributed by atoms with Gasteiger partial charge in [0.25, 0.3) is 5.91 Å². The number of rotatable bonds is 6. The van der Waals surface area contributed by atoms with Crippen molar-refractivity contribution in [3.63, 3.8) is 0 Å². The quantitative estimate of drug-likeness (QED) is 0.547. The van der Waals surface area contributed by atoms with E-state index in [1.807, 2.05) is 5.32 Å². The molecule has 156 valence electrons. The summed E-state index contributed by atoms with van der Waals surface area (Å²) in [6.45, 7) is 0. The molecule has 3 rings (SSSR count). The zero-order chi connectivity index (χ0) is 21.8. The van der Waals surface area contributed by atoms with Crippen LogP contribution in [-0.2, 0) is 25.5 Å². The average Bonchev–Trinajstić information content (AvgIpc) is 3.04. The van der Waals surface area contributed by atoms with E-state index in [-0.39, 0.29) is 29.2 Å². The maximum atomic E-state index is 14.4. The summed E-state index contributed by atoms with van der Waals surface area (Å²) in [5.74, 6) is -4.14. The summed E-state index contributed by atoms with van der Waals surface area (Å²) in [6.07, 6.45) is 0.237. The zero-order valence-electron chi connectivity index (χ0n) is 15.6. The van der Waals surface area contributed by atoms with Gasteiger partial charge < -0.3 is 19.9 Å². The van der Waals surface area contributed by atoms with Crippen molar-refractivity contribution in [1.29, 1.82) is 0 Å². The molecule has 0 saturated carbocycles. The molecule has 0 aliphatic carbocycles. The molecule has 2 amide bonds. The molecule has 0 radical (unpaired) electrons. The number of hydrogen-bond donors (Lipinski definition) is 2. The first-order valence-corrected chi connectivity index (χ1v) is 8.61. The zero-order valence-corrected chi connectivity index (χ0v) is 15.6. The Labute approximate surface area is 169 Å². The van der Waals surface area contributed by atoms with Crippen LogP contribution < -0.4 is 15.8 Å². The SMILES string of the molecule is COC(=O)C(N)Cc1ccc(Oc2ccc(/C=C3\OC(=O)NC3=O)cc2)c(F)c1F. The Morgan fingerprint density at radius 3 is 2.47 bits per heavy atom. The molecular weight excluding hydrogens is 402 g/mol. The molecule has 10 heteroatoms. The Balaban J connectivity index is 1.73. The van der Waals surface area contributed by atoms with Crippen LogP contribution in [0, 0.1) is 11.6 Å². The third-order valence-corrected chi connectivity index (χ3v) is 4.12. The molecule has 1 atom stereocenters. The fourth-order valence-corrected chi connectivity index (χ4v) is 2.61. The maximum Gasteiger partial charge on any atom is 0.419 e. The highest BCUT2D eigenvalue weighted by Crippen LogP contribution is 2.28. The minimum Gasteiger partial charge on any atom is -0.468 e. The fraction of sp³-hybridized carbons (Fsp3) is 0.150. The van der Waals surface area contributed by atoms with Crippen molar-refractivity contribution in [1.82, 2.24) is 5.32 Å². The van der Waals surface area contributed by atoms with Crippen molar-refractivity contribution in [3.05, 3.63) is 64.9 Å². The van der Waals surface area contributed by atoms with Gasteiger partial charge in [0.2, 0.25) is 5.82 Å². The summed E-state index contributed by atoms with van der Waals surface area (Å²) >= 11 is 0. The number of imide groups is 1. The van der Waals surface area contributed by atoms with E-state index in [1.165, 1.54) is 42.5 Å². The van der Waals surface area contributed by atoms with E-state index in [0.29, 0.717) is 5.56 Å². The smallest absolute Gasteiger partial charge is 0.419 e. The number of nitrogens with one attached hydrogen (secondary N) is 1. The van der Waals surface area contributed by atoms with Crippen molar-refractivity contribution in [3.8, 4) is 11.5 Å². The van der Waals surface area contributed by atoms with E-state index >= 15 is 0 Å². The summed E-state index contributed by atoms with van der Waals surface area (Å²) in [6, 6.07) is 7.33. The first kappa shape index (κ1) is 20.9. The van der Waals surface area contributed by atoms with Crippen LogP contribution in [0.25, 0.3) is 6.08 Å². The van der Waals surface area contributed by atoms with E-state index in [4.69, 9.17) is 15.2 Å². The number of amides is 2. The van der Waals surface area contributed by atoms with Gasteiger partial charge in [-0.3, -0.25) is 14.9 Å². The summed E-state index contributed by atoms with van der Waals surface area (Å²) < 4.78 is 43.2. The molecule has 0 aromatic heterocycles. The number of carbonyl (C=O) groups is 3. The van der Waals surface area contributed by atoms with E-state index in [9.17, 15) is 23.2 Å². The van der Waals surface area contributed by atoms with Crippen LogP contribution in [0.4, 0.5) is 13.6 Å². The highest BCUT2D eigenvalue weighted by atomic mass is 19.2. The van der Waals surface area contributed by atoms with E-state index < -0.39 is 35.6 Å². The lowest BCUT2D eigenvalue weighted by molar-refractivity contribution is -0.142. The van der Waals surface area contributed by atoms with E-state index in [0.717, 1.165) is 7.11 Å². The molecular formula is C20H16F2N2O6. The van der Waals surface area contributed by atoms with Crippen molar-refractivity contribution in [2.45, 2.75) is 12.5 Å². The Morgan fingerprint density at radius 1 is 1.17 bits per heavy atom. The molecule has 2 aromatic carbocycles. The molecule has 0 bridgehead atoms. The Bertz CT molecular complexity index is 1040. The number of alkyl carbamates (subject to hydrolysis) is 1. The third kappa shape index (κ3) is 4.61. The molecule has 30 heavy (non-hydrogen) atoms. The van der Waals surface area contributed by atoms with Crippen LogP contribution in [0.3, 0.4) is 0 Å². The number of carbonyl (C=O) groups excluding carboxylic acids is 3. The van der Waals surface area contributed by atoms with Gasteiger partial charge in [0.15, 0.2) is 17.3 Å². The van der Waals surface area contributed by atoms with Crippen LogP contribution in [0.2, 0.25) is 0 Å². The van der Waals surface area contributed by atoms with Crippen LogP contribution in [0.1, 0.15) is 11.1 Å². The third-order valence-electron chi connectivity index (χ3n) is 4.12. The number of esters is 1. The largest absolute Gasteiger partial charge is 0.468 e. The number of methoxy groups -OCH3 is 1. The molecule has 1 saturated heterocycles. The Hall–Kier alpha value is -3.79. The molecule has 2 aromatic rings. The minimum atomic E-state index is -1.23. The monoisotopic (exact) mass is 418 g/mol. The van der Waals surface area contributed by atoms with Crippen LogP contribution in [0.5, 0.6) is 11.5 Å². The van der Waals surface area contributed by atoms with Crippen molar-refractivity contribution in [2.24, 2.45) is 5.73 Å². The highest BCUT2D eigenvalue weighted by Gasteiger charge is 2.26. The van der Waals surface area contributed by atoms with Gasteiger partial charge in [-0.05, 0) is 35.4 Å². The molecule has 0 spiro atoms. The van der Waals surface area contributed by atoms with Crippen molar-refractivity contribution < 1.29 is 37.4 Å². The topological polar surface area (TPSA) is 117 Å². The lowest BCUT2D eigenvalue weighted by Gasteiger charge is -2.12. The number of cyclic esters (lactones) is 1. The number of hydrogen-bond acceptors (Lipinski definition) is 7. The highest BCUT2D eigenvalue weighted by molar-refractivity contribution is 6.09. The number of nitrogens with two attached hydrogens (primary N) is 1. The van der Waals surface area contributed by atoms with Gasteiger partial charge in [-0.1, -0.05) is 18.2 Å². The summed E-state index contributed by atoms with van der Waals surface area (Å²) in [5, 5.41) is 1.96. The maximum absolute atomic E-state index is 14.4. The first-order chi connectivity index (χ1) is 14.3. The number of halogens is 2. The van der Waals surface area contributed by atoms with Crippen LogP contribution in [0.15, 0.2) is 42.2 Å². The van der Waals surface area contributed by atoms with E-state index in [1.54, 1.807) is 0 Å². The van der Waals surface area contributed by atoms with E-state index in [2.05, 4.69) is 4.74 Å². The Kier molecular flexibility index (Phi) is 6.07. The summed E-state index contributed by atoms with van der Waals surface area (Å²) in [4.78, 5) is 33.8. The summed E-state index contributed by atoms with van der Waals surface area (Å²) in [5.41, 5.74) is 6.00. The van der Waals surface area contributed by atoms with Gasteiger partial charge >= 0.3 is 12.1 Å². The standard InChI is InChI=1S/C20H16F2N2O6/c1-28-19(26)13(23)9-11-4-7-14(17(22)16(11)21)29-12-5-2-10(3-6-12)8-15-18(25)24-20(27)30-15/h2-8,13H,9,23H2,1H3,(H,24,25,27)/b15-8-. The molecule has 3 N–H and O–H groups in total. The normalized spacial score (nSPS) is 15.5. The molecule has 1 fully saturated rings. The average molecular weight is 418 g/mol. The number of ether oxygens (including phenoxy) is 3. The van der Waals surface area contributed by atoms with Gasteiger partial charge in [0, 0.05) is 6.42 Å². The van der Waals surface area contributed by atoms with Gasteiger partial charge in [0.1, 0.15) is 11.8 Å². The molecule has 1 aliphatic rings. The lowest BCUT2D eigenvalue weighted by atomic mass is 10.1. The molecule has 1 heterocycles. The Morgan fingerprint density at radius 2 is 1.87 bits per heavy atom. The van der Waals surface area contributed by atoms with Crippen molar-refractivity contribution in [2.75, 3.05) is 7.11 Å². The second-order valence-corrected chi connectivity index (χ2v) is 6.21. The van der Waals surface area contributed by atoms with Gasteiger partial charge in [-0.15, -0.1) is 0 Å². The first-order valence-electron chi connectivity index (χ1n) is 8.61. The fourth-order valence-electron chi connectivity index (χ4n) is 2.61. The van der Waals surface area contributed by atoms with Gasteiger partial charge in [-0.25, -0.2) is 9.18 Å². The second kappa shape index (κ2) is 8.70.